The predicted molar refractivity (Wildman–Crippen MR) is 73.3 cm³/mol. The van der Waals surface area contributed by atoms with Crippen LogP contribution < -0.4 is 5.32 Å². The van der Waals surface area contributed by atoms with E-state index in [1.807, 2.05) is 0 Å². The smallest absolute Gasteiger partial charge is 0.0766 e. The first-order valence-electron chi connectivity index (χ1n) is 7.31. The Morgan fingerprint density at radius 3 is 2.24 bits per heavy atom. The van der Waals surface area contributed by atoms with Crippen molar-refractivity contribution in [2.75, 3.05) is 26.2 Å². The van der Waals surface area contributed by atoms with Crippen molar-refractivity contribution in [2.45, 2.75) is 64.5 Å². The van der Waals surface area contributed by atoms with Crippen LogP contribution in [-0.4, -0.2) is 47.8 Å². The fraction of sp³-hybridized carbons (Fsp3) is 1.00. The molecular weight excluding hydrogens is 212 g/mol. The van der Waals surface area contributed by atoms with E-state index in [9.17, 15) is 5.11 Å². The van der Waals surface area contributed by atoms with E-state index in [2.05, 4.69) is 31.0 Å². The second-order valence-corrected chi connectivity index (χ2v) is 5.43. The Morgan fingerprint density at radius 1 is 1.18 bits per heavy atom. The largest absolute Gasteiger partial charge is 0.389 e. The lowest BCUT2D eigenvalue weighted by Gasteiger charge is -2.34. The summed E-state index contributed by atoms with van der Waals surface area (Å²) < 4.78 is 0. The third-order valence-electron chi connectivity index (χ3n) is 4.16. The van der Waals surface area contributed by atoms with Crippen LogP contribution in [0.4, 0.5) is 0 Å². The Morgan fingerprint density at radius 2 is 1.76 bits per heavy atom. The lowest BCUT2D eigenvalue weighted by atomic mass is 9.96. The fourth-order valence-corrected chi connectivity index (χ4v) is 2.51. The fourth-order valence-electron chi connectivity index (χ4n) is 2.51. The molecule has 2 N–H and O–H groups in total. The van der Waals surface area contributed by atoms with Crippen LogP contribution >= 0.6 is 0 Å². The van der Waals surface area contributed by atoms with Gasteiger partial charge in [-0.1, -0.05) is 20.8 Å². The molecule has 1 rings (SSSR count). The number of aliphatic hydroxyl groups is 1. The SMILES string of the molecule is CCCN1CCC(NCC(O)(CC)CC)CC1. The molecule has 0 unspecified atom stereocenters. The van der Waals surface area contributed by atoms with Crippen LogP contribution in [0.5, 0.6) is 0 Å². The molecule has 102 valence electrons. The number of nitrogens with zero attached hydrogens (tertiary/aromatic N) is 1. The summed E-state index contributed by atoms with van der Waals surface area (Å²) in [4.78, 5) is 2.55. The van der Waals surface area contributed by atoms with Crippen LogP contribution in [0.3, 0.4) is 0 Å². The third kappa shape index (κ3) is 4.94. The summed E-state index contributed by atoms with van der Waals surface area (Å²) in [6.07, 6.45) is 5.38. The third-order valence-corrected chi connectivity index (χ3v) is 4.16. The summed E-state index contributed by atoms with van der Waals surface area (Å²) >= 11 is 0. The van der Waals surface area contributed by atoms with E-state index in [-0.39, 0.29) is 0 Å². The molecule has 0 spiro atoms. The van der Waals surface area contributed by atoms with Crippen molar-refractivity contribution in [3.8, 4) is 0 Å². The van der Waals surface area contributed by atoms with Crippen LogP contribution in [-0.2, 0) is 0 Å². The van der Waals surface area contributed by atoms with E-state index in [4.69, 9.17) is 0 Å². The highest BCUT2D eigenvalue weighted by atomic mass is 16.3. The van der Waals surface area contributed by atoms with Crippen molar-refractivity contribution in [1.29, 1.82) is 0 Å². The molecule has 0 aliphatic carbocycles. The van der Waals surface area contributed by atoms with Gasteiger partial charge in [0.05, 0.1) is 5.60 Å². The highest BCUT2D eigenvalue weighted by molar-refractivity contribution is 4.83. The van der Waals surface area contributed by atoms with Gasteiger partial charge in [-0.15, -0.1) is 0 Å². The molecule has 17 heavy (non-hydrogen) atoms. The number of likely N-dealkylation sites (tertiary alicyclic amines) is 1. The molecule has 3 heteroatoms. The molecule has 0 atom stereocenters. The monoisotopic (exact) mass is 242 g/mol. The zero-order chi connectivity index (χ0) is 12.7. The minimum Gasteiger partial charge on any atom is -0.389 e. The highest BCUT2D eigenvalue weighted by Gasteiger charge is 2.25. The summed E-state index contributed by atoms with van der Waals surface area (Å²) in [7, 11) is 0. The molecule has 0 aromatic rings. The van der Waals surface area contributed by atoms with Gasteiger partial charge in [0.25, 0.3) is 0 Å². The number of hydrogen-bond donors (Lipinski definition) is 2. The Kier molecular flexibility index (Phi) is 6.45. The number of hydrogen-bond acceptors (Lipinski definition) is 3. The van der Waals surface area contributed by atoms with Gasteiger partial charge in [-0.2, -0.15) is 0 Å². The van der Waals surface area contributed by atoms with Gasteiger partial charge in [-0.05, 0) is 51.7 Å². The van der Waals surface area contributed by atoms with Crippen molar-refractivity contribution in [2.24, 2.45) is 0 Å². The minimum atomic E-state index is -0.499. The first-order chi connectivity index (χ1) is 8.13. The topological polar surface area (TPSA) is 35.5 Å². The maximum absolute atomic E-state index is 10.2. The normalized spacial score (nSPS) is 19.8. The molecule has 1 heterocycles. The summed E-state index contributed by atoms with van der Waals surface area (Å²) in [5, 5.41) is 13.8. The number of rotatable bonds is 7. The summed E-state index contributed by atoms with van der Waals surface area (Å²) in [6.45, 7) is 10.8. The summed E-state index contributed by atoms with van der Waals surface area (Å²) in [6, 6.07) is 0.604. The van der Waals surface area contributed by atoms with Crippen molar-refractivity contribution >= 4 is 0 Å². The van der Waals surface area contributed by atoms with Crippen LogP contribution in [0.2, 0.25) is 0 Å². The second kappa shape index (κ2) is 7.34. The van der Waals surface area contributed by atoms with Crippen LogP contribution in [0.15, 0.2) is 0 Å². The molecule has 1 saturated heterocycles. The number of piperidine rings is 1. The zero-order valence-corrected chi connectivity index (χ0v) is 11.8. The highest BCUT2D eigenvalue weighted by Crippen LogP contribution is 2.16. The minimum absolute atomic E-state index is 0.499. The van der Waals surface area contributed by atoms with Crippen molar-refractivity contribution in [1.82, 2.24) is 10.2 Å². The van der Waals surface area contributed by atoms with Gasteiger partial charge in [-0.3, -0.25) is 0 Å². The second-order valence-electron chi connectivity index (χ2n) is 5.43. The quantitative estimate of drug-likeness (QED) is 0.717. The lowest BCUT2D eigenvalue weighted by molar-refractivity contribution is 0.0272. The van der Waals surface area contributed by atoms with Gasteiger partial charge in [0.15, 0.2) is 0 Å². The molecule has 1 aliphatic heterocycles. The van der Waals surface area contributed by atoms with Gasteiger partial charge in [0.1, 0.15) is 0 Å². The van der Waals surface area contributed by atoms with Crippen molar-refractivity contribution < 1.29 is 5.11 Å². The molecule has 3 nitrogen and oxygen atoms in total. The van der Waals surface area contributed by atoms with E-state index < -0.39 is 5.60 Å². The Labute approximate surface area is 107 Å². The van der Waals surface area contributed by atoms with E-state index in [0.29, 0.717) is 6.04 Å². The van der Waals surface area contributed by atoms with Crippen LogP contribution in [0.1, 0.15) is 52.9 Å². The Balaban J connectivity index is 2.22. The molecule has 0 radical (unpaired) electrons. The maximum Gasteiger partial charge on any atom is 0.0766 e. The van der Waals surface area contributed by atoms with Gasteiger partial charge in [-0.25, -0.2) is 0 Å². The van der Waals surface area contributed by atoms with Crippen LogP contribution in [0.25, 0.3) is 0 Å². The average molecular weight is 242 g/mol. The molecule has 0 saturated carbocycles. The molecule has 0 aromatic carbocycles. The maximum atomic E-state index is 10.2. The summed E-state index contributed by atoms with van der Waals surface area (Å²) in [5.41, 5.74) is -0.499. The Bertz CT molecular complexity index is 196. The van der Waals surface area contributed by atoms with E-state index in [1.165, 1.54) is 38.9 Å². The van der Waals surface area contributed by atoms with Crippen molar-refractivity contribution in [3.05, 3.63) is 0 Å². The zero-order valence-electron chi connectivity index (χ0n) is 11.8. The lowest BCUT2D eigenvalue weighted by Crippen LogP contribution is -2.48. The van der Waals surface area contributed by atoms with E-state index >= 15 is 0 Å². The predicted octanol–water partition coefficient (Wildman–Crippen LogP) is 2.00. The van der Waals surface area contributed by atoms with E-state index in [1.54, 1.807) is 0 Å². The standard InChI is InChI=1S/C14H30N2O/c1-4-9-16-10-7-13(8-11-16)15-12-14(17,5-2)6-3/h13,15,17H,4-12H2,1-3H3. The molecular formula is C14H30N2O. The first kappa shape index (κ1) is 14.9. The van der Waals surface area contributed by atoms with Crippen LogP contribution in [0, 0.1) is 0 Å². The molecule has 0 bridgehead atoms. The van der Waals surface area contributed by atoms with Gasteiger partial charge < -0.3 is 15.3 Å². The van der Waals surface area contributed by atoms with Gasteiger partial charge in [0.2, 0.25) is 0 Å². The Hall–Kier alpha value is -0.120. The average Bonchev–Trinajstić information content (AvgIpc) is 2.38. The summed E-state index contributed by atoms with van der Waals surface area (Å²) in [5.74, 6) is 0. The van der Waals surface area contributed by atoms with E-state index in [0.717, 1.165) is 19.4 Å². The first-order valence-corrected chi connectivity index (χ1v) is 7.31. The molecule has 1 aliphatic rings. The van der Waals surface area contributed by atoms with Gasteiger partial charge in [0, 0.05) is 12.6 Å². The molecule has 1 fully saturated rings. The molecule has 0 amide bonds. The number of nitrogens with one attached hydrogen (secondary N) is 1. The molecule has 0 aromatic heterocycles. The van der Waals surface area contributed by atoms with Crippen molar-refractivity contribution in [3.63, 3.8) is 0 Å². The van der Waals surface area contributed by atoms with Gasteiger partial charge >= 0.3 is 0 Å².